The van der Waals surface area contributed by atoms with E-state index >= 15 is 0 Å². The minimum atomic E-state index is 0.127. The molecule has 0 aromatic heterocycles. The maximum absolute atomic E-state index is 12.5. The monoisotopic (exact) mass is 330 g/mol. The van der Waals surface area contributed by atoms with Crippen molar-refractivity contribution in [3.05, 3.63) is 41.5 Å². The van der Waals surface area contributed by atoms with Gasteiger partial charge in [0.1, 0.15) is 0 Å². The molecule has 1 N–H and O–H groups in total. The van der Waals surface area contributed by atoms with Crippen LogP contribution in [0.2, 0.25) is 0 Å². The third-order valence-electron chi connectivity index (χ3n) is 4.84. The number of hydrogen-bond acceptors (Lipinski definition) is 3. The number of amides is 1. The lowest BCUT2D eigenvalue weighted by Gasteiger charge is -2.27. The quantitative estimate of drug-likeness (QED) is 0.851. The number of rotatable bonds is 4. The Morgan fingerprint density at radius 2 is 2.13 bits per heavy atom. The Bertz CT molecular complexity index is 579. The average Bonchev–Trinajstić information content (AvgIpc) is 2.60. The lowest BCUT2D eigenvalue weighted by Crippen LogP contribution is -2.32. The zero-order chi connectivity index (χ0) is 16.1. The van der Waals surface area contributed by atoms with Crippen molar-refractivity contribution in [1.29, 1.82) is 0 Å². The SMILES string of the molecule is Cc1c(CN2CCSCC2)cccc1NC(=O)C1CC=CCC1. The van der Waals surface area contributed by atoms with Crippen LogP contribution in [0.15, 0.2) is 30.4 Å². The smallest absolute Gasteiger partial charge is 0.227 e. The van der Waals surface area contributed by atoms with E-state index in [1.807, 2.05) is 17.8 Å². The molecule has 1 saturated heterocycles. The van der Waals surface area contributed by atoms with E-state index in [1.165, 1.54) is 22.6 Å². The maximum Gasteiger partial charge on any atom is 0.227 e. The van der Waals surface area contributed by atoms with Gasteiger partial charge in [0.05, 0.1) is 0 Å². The molecule has 124 valence electrons. The van der Waals surface area contributed by atoms with Gasteiger partial charge in [0.2, 0.25) is 5.91 Å². The largest absolute Gasteiger partial charge is 0.326 e. The predicted octanol–water partition coefficient (Wildman–Crippen LogP) is 3.84. The molecule has 1 amide bonds. The molecular weight excluding hydrogens is 304 g/mol. The van der Waals surface area contributed by atoms with Crippen molar-refractivity contribution < 1.29 is 4.79 Å². The molecule has 1 fully saturated rings. The van der Waals surface area contributed by atoms with Crippen LogP contribution in [0, 0.1) is 12.8 Å². The van der Waals surface area contributed by atoms with E-state index in [4.69, 9.17) is 0 Å². The van der Waals surface area contributed by atoms with Crippen molar-refractivity contribution >= 4 is 23.4 Å². The average molecular weight is 330 g/mol. The van der Waals surface area contributed by atoms with Crippen molar-refractivity contribution in [2.24, 2.45) is 5.92 Å². The van der Waals surface area contributed by atoms with E-state index in [9.17, 15) is 4.79 Å². The number of benzene rings is 1. The lowest BCUT2D eigenvalue weighted by atomic mass is 9.93. The summed E-state index contributed by atoms with van der Waals surface area (Å²) in [6, 6.07) is 6.29. The molecular formula is C19H26N2OS. The highest BCUT2D eigenvalue weighted by atomic mass is 32.2. The number of allylic oxidation sites excluding steroid dienone is 2. The van der Waals surface area contributed by atoms with Crippen molar-refractivity contribution in [3.63, 3.8) is 0 Å². The normalized spacial score (nSPS) is 22.0. The highest BCUT2D eigenvalue weighted by Crippen LogP contribution is 2.24. The molecule has 1 aromatic carbocycles. The highest BCUT2D eigenvalue weighted by molar-refractivity contribution is 7.99. The molecule has 1 aromatic rings. The number of thioether (sulfide) groups is 1. The minimum Gasteiger partial charge on any atom is -0.326 e. The minimum absolute atomic E-state index is 0.127. The zero-order valence-electron chi connectivity index (χ0n) is 13.9. The topological polar surface area (TPSA) is 32.3 Å². The molecule has 0 radical (unpaired) electrons. The Hall–Kier alpha value is -1.26. The van der Waals surface area contributed by atoms with Gasteiger partial charge in [-0.05, 0) is 43.4 Å². The van der Waals surface area contributed by atoms with E-state index < -0.39 is 0 Å². The predicted molar refractivity (Wildman–Crippen MR) is 98.9 cm³/mol. The lowest BCUT2D eigenvalue weighted by molar-refractivity contribution is -0.120. The van der Waals surface area contributed by atoms with Crippen LogP contribution in [0.5, 0.6) is 0 Å². The van der Waals surface area contributed by atoms with Crippen LogP contribution in [-0.2, 0) is 11.3 Å². The summed E-state index contributed by atoms with van der Waals surface area (Å²) < 4.78 is 0. The summed E-state index contributed by atoms with van der Waals surface area (Å²) in [5.74, 6) is 2.75. The van der Waals surface area contributed by atoms with Crippen LogP contribution < -0.4 is 5.32 Å². The molecule has 4 heteroatoms. The van der Waals surface area contributed by atoms with Gasteiger partial charge >= 0.3 is 0 Å². The van der Waals surface area contributed by atoms with Gasteiger partial charge in [-0.3, -0.25) is 9.69 Å². The fourth-order valence-corrected chi connectivity index (χ4v) is 4.24. The Morgan fingerprint density at radius 1 is 1.30 bits per heavy atom. The van der Waals surface area contributed by atoms with E-state index in [0.29, 0.717) is 0 Å². The molecule has 1 aliphatic carbocycles. The molecule has 1 unspecified atom stereocenters. The number of carbonyl (C=O) groups excluding carboxylic acids is 1. The summed E-state index contributed by atoms with van der Waals surface area (Å²) >= 11 is 2.04. The zero-order valence-corrected chi connectivity index (χ0v) is 14.7. The molecule has 2 aliphatic rings. The second kappa shape index (κ2) is 8.02. The van der Waals surface area contributed by atoms with Gasteiger partial charge in [0.25, 0.3) is 0 Å². The molecule has 1 heterocycles. The molecule has 0 spiro atoms. The van der Waals surface area contributed by atoms with Gasteiger partial charge in [-0.2, -0.15) is 11.8 Å². The second-order valence-corrected chi connectivity index (χ2v) is 7.67. The van der Waals surface area contributed by atoms with E-state index in [1.54, 1.807) is 0 Å². The number of hydrogen-bond donors (Lipinski definition) is 1. The number of nitrogens with one attached hydrogen (secondary N) is 1. The Kier molecular flexibility index (Phi) is 5.79. The Labute approximate surface area is 143 Å². The summed E-state index contributed by atoms with van der Waals surface area (Å²) in [5.41, 5.74) is 3.53. The number of nitrogens with zero attached hydrogens (tertiary/aromatic N) is 1. The summed E-state index contributed by atoms with van der Waals surface area (Å²) in [6.45, 7) is 5.44. The van der Waals surface area contributed by atoms with Crippen LogP contribution in [0.1, 0.15) is 30.4 Å². The van der Waals surface area contributed by atoms with E-state index in [-0.39, 0.29) is 11.8 Å². The molecule has 3 nitrogen and oxygen atoms in total. The van der Waals surface area contributed by atoms with Gasteiger partial charge in [-0.1, -0.05) is 24.3 Å². The van der Waals surface area contributed by atoms with Crippen LogP contribution in [0.4, 0.5) is 5.69 Å². The molecule has 23 heavy (non-hydrogen) atoms. The summed E-state index contributed by atoms with van der Waals surface area (Å²) in [5, 5.41) is 3.16. The summed E-state index contributed by atoms with van der Waals surface area (Å²) in [7, 11) is 0. The Balaban J connectivity index is 1.66. The van der Waals surface area contributed by atoms with Gasteiger partial charge in [-0.15, -0.1) is 0 Å². The maximum atomic E-state index is 12.5. The molecule has 0 bridgehead atoms. The standard InChI is InChI=1S/C19H26N2OS/c1-15-17(14-21-10-12-23-13-11-21)8-5-9-18(15)20-19(22)16-6-3-2-4-7-16/h2-3,5,8-9,16H,4,6-7,10-14H2,1H3,(H,20,22). The van der Waals surface area contributed by atoms with Crippen LogP contribution in [0.25, 0.3) is 0 Å². The second-order valence-electron chi connectivity index (χ2n) is 6.45. The highest BCUT2D eigenvalue weighted by Gasteiger charge is 2.20. The fraction of sp³-hybridized carbons (Fsp3) is 0.526. The van der Waals surface area contributed by atoms with Crippen molar-refractivity contribution in [3.8, 4) is 0 Å². The fourth-order valence-electron chi connectivity index (χ4n) is 3.26. The van der Waals surface area contributed by atoms with Crippen LogP contribution in [0.3, 0.4) is 0 Å². The van der Waals surface area contributed by atoms with E-state index in [0.717, 1.165) is 44.6 Å². The first-order valence-electron chi connectivity index (χ1n) is 8.58. The van der Waals surface area contributed by atoms with Crippen molar-refractivity contribution in [1.82, 2.24) is 4.90 Å². The third-order valence-corrected chi connectivity index (χ3v) is 5.78. The number of carbonyl (C=O) groups is 1. The van der Waals surface area contributed by atoms with Crippen molar-refractivity contribution in [2.45, 2.75) is 32.7 Å². The van der Waals surface area contributed by atoms with Gasteiger partial charge < -0.3 is 5.32 Å². The third kappa shape index (κ3) is 4.39. The first kappa shape index (κ1) is 16.6. The summed E-state index contributed by atoms with van der Waals surface area (Å²) in [6.07, 6.45) is 7.16. The Morgan fingerprint density at radius 3 is 2.87 bits per heavy atom. The molecule has 1 aliphatic heterocycles. The molecule has 3 rings (SSSR count). The van der Waals surface area contributed by atoms with Gasteiger partial charge in [0, 0.05) is 42.7 Å². The van der Waals surface area contributed by atoms with Crippen LogP contribution >= 0.6 is 11.8 Å². The van der Waals surface area contributed by atoms with Gasteiger partial charge in [-0.25, -0.2) is 0 Å². The first-order valence-corrected chi connectivity index (χ1v) is 9.74. The van der Waals surface area contributed by atoms with Gasteiger partial charge in [0.15, 0.2) is 0 Å². The van der Waals surface area contributed by atoms with E-state index in [2.05, 4.69) is 41.4 Å². The summed E-state index contributed by atoms with van der Waals surface area (Å²) in [4.78, 5) is 15.0. The van der Waals surface area contributed by atoms with Crippen molar-refractivity contribution in [2.75, 3.05) is 29.9 Å². The van der Waals surface area contributed by atoms with Crippen LogP contribution in [-0.4, -0.2) is 35.4 Å². The first-order chi connectivity index (χ1) is 11.2. The molecule has 0 saturated carbocycles. The number of anilines is 1. The molecule has 1 atom stereocenters.